The molecule has 1 aromatic carbocycles. The Labute approximate surface area is 197 Å². The molecule has 7 heteroatoms. The number of benzene rings is 1. The summed E-state index contributed by atoms with van der Waals surface area (Å²) in [4.78, 5) is 23.7. The van der Waals surface area contributed by atoms with Crippen LogP contribution in [0.1, 0.15) is 75.2 Å². The van der Waals surface area contributed by atoms with Gasteiger partial charge in [0.2, 0.25) is 0 Å². The second-order valence-electron chi connectivity index (χ2n) is 8.59. The Balaban J connectivity index is 1.84. The zero-order valence-electron chi connectivity index (χ0n) is 19.8. The van der Waals surface area contributed by atoms with Crippen LogP contribution in [0.25, 0.3) is 0 Å². The minimum Gasteiger partial charge on any atom is -0.460 e. The summed E-state index contributed by atoms with van der Waals surface area (Å²) in [6.45, 7) is 8.94. The van der Waals surface area contributed by atoms with Gasteiger partial charge in [0.15, 0.2) is 5.78 Å². The van der Waals surface area contributed by atoms with E-state index >= 15 is 0 Å². The molecule has 0 amide bonds. The van der Waals surface area contributed by atoms with Crippen LogP contribution in [-0.2, 0) is 29.6 Å². The third-order valence-corrected chi connectivity index (χ3v) is 4.76. The van der Waals surface area contributed by atoms with Crippen molar-refractivity contribution in [2.75, 3.05) is 39.6 Å². The third-order valence-electron chi connectivity index (χ3n) is 4.46. The second kappa shape index (κ2) is 17.1. The molecule has 0 aliphatic rings. The molecule has 1 aromatic rings. The Bertz CT molecular complexity index is 639. The summed E-state index contributed by atoms with van der Waals surface area (Å²) >= 11 is 5.76. The molecule has 0 aliphatic carbocycles. The number of ether oxygens (including phenoxy) is 4. The quantitative estimate of drug-likeness (QED) is 0.125. The van der Waals surface area contributed by atoms with E-state index in [0.717, 1.165) is 36.8 Å². The molecule has 1 rings (SSSR count). The lowest BCUT2D eigenvalue weighted by molar-refractivity contribution is -0.154. The van der Waals surface area contributed by atoms with Crippen LogP contribution in [0.5, 0.6) is 0 Å². The van der Waals surface area contributed by atoms with Gasteiger partial charge in [-0.2, -0.15) is 0 Å². The van der Waals surface area contributed by atoms with E-state index in [1.54, 1.807) is 0 Å². The van der Waals surface area contributed by atoms with Crippen LogP contribution in [0.15, 0.2) is 24.3 Å². The molecule has 0 unspecified atom stereocenters. The number of carbonyl (C=O) groups is 2. The van der Waals surface area contributed by atoms with Crippen LogP contribution in [0.3, 0.4) is 0 Å². The highest BCUT2D eigenvalue weighted by molar-refractivity contribution is 6.17. The lowest BCUT2D eigenvalue weighted by atomic mass is 10.0. The lowest BCUT2D eigenvalue weighted by Gasteiger charge is -2.19. The number of hydrogen-bond acceptors (Lipinski definition) is 6. The van der Waals surface area contributed by atoms with Gasteiger partial charge in [-0.3, -0.25) is 9.59 Å². The highest BCUT2D eigenvalue weighted by Gasteiger charge is 2.15. The number of alkyl halides is 1. The van der Waals surface area contributed by atoms with Gasteiger partial charge in [-0.15, -0.1) is 11.6 Å². The van der Waals surface area contributed by atoms with E-state index in [1.165, 1.54) is 0 Å². The van der Waals surface area contributed by atoms with Gasteiger partial charge < -0.3 is 18.9 Å². The van der Waals surface area contributed by atoms with Crippen LogP contribution in [0.2, 0.25) is 0 Å². The SMILES string of the molecule is CC(C)(C)OC(=O)CCCCOCCOCCOCCCCC(=O)c1ccc(CCl)cc1. The van der Waals surface area contributed by atoms with Crippen LogP contribution in [0.4, 0.5) is 0 Å². The number of ketones is 1. The molecule has 0 atom stereocenters. The van der Waals surface area contributed by atoms with Gasteiger partial charge in [0.25, 0.3) is 0 Å². The van der Waals surface area contributed by atoms with Crippen molar-refractivity contribution in [2.24, 2.45) is 0 Å². The number of halogens is 1. The molecular formula is C25H39ClO6. The molecule has 0 bridgehead atoms. The molecule has 32 heavy (non-hydrogen) atoms. The van der Waals surface area contributed by atoms with Gasteiger partial charge in [0.1, 0.15) is 5.60 Å². The van der Waals surface area contributed by atoms with Crippen molar-refractivity contribution in [1.29, 1.82) is 0 Å². The maximum Gasteiger partial charge on any atom is 0.306 e. The van der Waals surface area contributed by atoms with Gasteiger partial charge in [-0.25, -0.2) is 0 Å². The van der Waals surface area contributed by atoms with Gasteiger partial charge in [0, 0.05) is 37.5 Å². The predicted octanol–water partition coefficient (Wildman–Crippen LogP) is 5.34. The zero-order chi connectivity index (χ0) is 23.7. The highest BCUT2D eigenvalue weighted by atomic mass is 35.5. The van der Waals surface area contributed by atoms with Crippen molar-refractivity contribution >= 4 is 23.4 Å². The average molecular weight is 471 g/mol. The summed E-state index contributed by atoms with van der Waals surface area (Å²) in [5.74, 6) is 0.448. The normalized spacial score (nSPS) is 11.5. The molecular weight excluding hydrogens is 432 g/mol. The molecule has 0 N–H and O–H groups in total. The van der Waals surface area contributed by atoms with Crippen molar-refractivity contribution in [3.63, 3.8) is 0 Å². The van der Waals surface area contributed by atoms with Crippen LogP contribution in [0, 0.1) is 0 Å². The van der Waals surface area contributed by atoms with E-state index < -0.39 is 5.60 Å². The first-order chi connectivity index (χ1) is 15.3. The fourth-order valence-electron chi connectivity index (χ4n) is 2.82. The number of esters is 1. The second-order valence-corrected chi connectivity index (χ2v) is 8.86. The lowest BCUT2D eigenvalue weighted by Crippen LogP contribution is -2.23. The third kappa shape index (κ3) is 15.4. The summed E-state index contributed by atoms with van der Waals surface area (Å²) in [5, 5.41) is 0. The Morgan fingerprint density at radius 2 is 1.25 bits per heavy atom. The monoisotopic (exact) mass is 470 g/mol. The molecule has 0 saturated heterocycles. The summed E-state index contributed by atoms with van der Waals surface area (Å²) in [6, 6.07) is 7.45. The highest BCUT2D eigenvalue weighted by Crippen LogP contribution is 2.11. The summed E-state index contributed by atoms with van der Waals surface area (Å²) in [7, 11) is 0. The molecule has 0 saturated carbocycles. The minimum atomic E-state index is -0.425. The Morgan fingerprint density at radius 1 is 0.750 bits per heavy atom. The van der Waals surface area contributed by atoms with Gasteiger partial charge in [-0.1, -0.05) is 24.3 Å². The molecule has 0 fully saturated rings. The first-order valence-electron chi connectivity index (χ1n) is 11.4. The van der Waals surface area contributed by atoms with E-state index in [1.807, 2.05) is 45.0 Å². The molecule has 182 valence electrons. The van der Waals surface area contributed by atoms with Gasteiger partial charge in [0.05, 0.1) is 26.4 Å². The summed E-state index contributed by atoms with van der Waals surface area (Å²) in [6.07, 6.45) is 4.18. The number of carbonyl (C=O) groups excluding carboxylic acids is 2. The Kier molecular flexibility index (Phi) is 15.2. The zero-order valence-corrected chi connectivity index (χ0v) is 20.6. The summed E-state index contributed by atoms with van der Waals surface area (Å²) in [5.41, 5.74) is 1.32. The van der Waals surface area contributed by atoms with E-state index in [9.17, 15) is 9.59 Å². The molecule has 0 aromatic heterocycles. The van der Waals surface area contributed by atoms with E-state index in [4.69, 9.17) is 30.5 Å². The minimum absolute atomic E-state index is 0.152. The number of unbranched alkanes of at least 4 members (excludes halogenated alkanes) is 2. The van der Waals surface area contributed by atoms with E-state index in [0.29, 0.717) is 58.4 Å². The Morgan fingerprint density at radius 3 is 1.75 bits per heavy atom. The molecule has 0 heterocycles. The van der Waals surface area contributed by atoms with Crippen molar-refractivity contribution in [1.82, 2.24) is 0 Å². The fraction of sp³-hybridized carbons (Fsp3) is 0.680. The van der Waals surface area contributed by atoms with Crippen LogP contribution in [-0.4, -0.2) is 57.0 Å². The standard InChI is InChI=1S/C25H39ClO6/c1-25(2,3)32-24(28)9-5-7-15-30-17-19-31-18-16-29-14-6-4-8-23(27)22-12-10-21(20-26)11-13-22/h10-13H,4-9,14-20H2,1-3H3. The van der Waals surface area contributed by atoms with E-state index in [-0.39, 0.29) is 11.8 Å². The largest absolute Gasteiger partial charge is 0.460 e. The van der Waals surface area contributed by atoms with Gasteiger partial charge >= 0.3 is 5.97 Å². The summed E-state index contributed by atoms with van der Waals surface area (Å²) < 4.78 is 21.7. The number of Topliss-reactive ketones (excluding diaryl/α,β-unsaturated/α-hetero) is 1. The Hall–Kier alpha value is -1.47. The smallest absolute Gasteiger partial charge is 0.306 e. The van der Waals surface area contributed by atoms with E-state index in [2.05, 4.69) is 0 Å². The van der Waals surface area contributed by atoms with Gasteiger partial charge in [-0.05, 0) is 52.0 Å². The maximum absolute atomic E-state index is 12.1. The maximum atomic E-state index is 12.1. The van der Waals surface area contributed by atoms with Crippen molar-refractivity contribution in [3.05, 3.63) is 35.4 Å². The fourth-order valence-corrected chi connectivity index (χ4v) is 3.00. The molecule has 0 radical (unpaired) electrons. The topological polar surface area (TPSA) is 71.1 Å². The number of hydrogen-bond donors (Lipinski definition) is 0. The first kappa shape index (κ1) is 28.6. The van der Waals surface area contributed by atoms with Crippen molar-refractivity contribution in [2.45, 2.75) is 70.8 Å². The molecule has 0 spiro atoms. The average Bonchev–Trinajstić information content (AvgIpc) is 2.75. The first-order valence-corrected chi connectivity index (χ1v) is 12.0. The predicted molar refractivity (Wildman–Crippen MR) is 126 cm³/mol. The molecule has 6 nitrogen and oxygen atoms in total. The molecule has 0 aliphatic heterocycles. The van der Waals surface area contributed by atoms with Crippen LogP contribution >= 0.6 is 11.6 Å². The number of rotatable bonds is 18. The van der Waals surface area contributed by atoms with Crippen molar-refractivity contribution in [3.8, 4) is 0 Å². The van der Waals surface area contributed by atoms with Crippen molar-refractivity contribution < 1.29 is 28.5 Å². The van der Waals surface area contributed by atoms with Crippen LogP contribution < -0.4 is 0 Å².